The first-order chi connectivity index (χ1) is 14.0. The van der Waals surface area contributed by atoms with E-state index in [-0.39, 0.29) is 12.5 Å². The molecule has 1 N–H and O–H groups in total. The number of hydrogen-bond donors (Lipinski definition) is 1. The number of anilines is 1. The maximum atomic E-state index is 12.6. The van der Waals surface area contributed by atoms with Crippen molar-refractivity contribution in [2.45, 2.75) is 32.8 Å². The van der Waals surface area contributed by atoms with E-state index in [1.165, 1.54) is 5.56 Å². The highest BCUT2D eigenvalue weighted by Gasteiger charge is 2.09. The third-order valence-corrected chi connectivity index (χ3v) is 5.37. The van der Waals surface area contributed by atoms with Crippen molar-refractivity contribution in [2.24, 2.45) is 0 Å². The summed E-state index contributed by atoms with van der Waals surface area (Å²) < 4.78 is 5.75. The van der Waals surface area contributed by atoms with Crippen molar-refractivity contribution in [1.29, 1.82) is 0 Å². The molecule has 3 aromatic rings. The molecule has 0 aliphatic heterocycles. The van der Waals surface area contributed by atoms with Crippen molar-refractivity contribution in [1.82, 2.24) is 0 Å². The molecule has 150 valence electrons. The summed E-state index contributed by atoms with van der Waals surface area (Å²) >= 11 is 12.1. The van der Waals surface area contributed by atoms with Gasteiger partial charge in [0.25, 0.3) is 5.91 Å². The third kappa shape index (κ3) is 5.75. The van der Waals surface area contributed by atoms with Gasteiger partial charge in [-0.25, -0.2) is 0 Å². The number of ether oxygens (including phenoxy) is 1. The molecule has 1 atom stereocenters. The fourth-order valence-electron chi connectivity index (χ4n) is 2.89. The van der Waals surface area contributed by atoms with Crippen LogP contribution in [0, 0.1) is 0 Å². The maximum absolute atomic E-state index is 12.6. The highest BCUT2D eigenvalue weighted by Crippen LogP contribution is 2.28. The van der Waals surface area contributed by atoms with Crippen molar-refractivity contribution in [3.63, 3.8) is 0 Å². The summed E-state index contributed by atoms with van der Waals surface area (Å²) in [4.78, 5) is 12.6. The molecule has 29 heavy (non-hydrogen) atoms. The van der Waals surface area contributed by atoms with Gasteiger partial charge in [-0.1, -0.05) is 61.3 Å². The van der Waals surface area contributed by atoms with E-state index < -0.39 is 0 Å². The number of carbonyl (C=O) groups excluding carboxylic acids is 1. The van der Waals surface area contributed by atoms with Crippen LogP contribution in [0.15, 0.2) is 66.7 Å². The van der Waals surface area contributed by atoms with Gasteiger partial charge in [0.2, 0.25) is 0 Å². The summed E-state index contributed by atoms with van der Waals surface area (Å²) in [5, 5.41) is 3.98. The fourth-order valence-corrected chi connectivity index (χ4v) is 3.22. The number of hydrogen-bond acceptors (Lipinski definition) is 2. The first-order valence-electron chi connectivity index (χ1n) is 9.54. The van der Waals surface area contributed by atoms with Crippen molar-refractivity contribution in [3.05, 3.63) is 93.5 Å². The van der Waals surface area contributed by atoms with Gasteiger partial charge in [-0.2, -0.15) is 0 Å². The van der Waals surface area contributed by atoms with E-state index in [9.17, 15) is 4.79 Å². The van der Waals surface area contributed by atoms with Crippen LogP contribution < -0.4 is 10.1 Å². The molecule has 1 amide bonds. The van der Waals surface area contributed by atoms with Crippen LogP contribution >= 0.6 is 23.2 Å². The van der Waals surface area contributed by atoms with Crippen LogP contribution in [0.1, 0.15) is 47.7 Å². The van der Waals surface area contributed by atoms with Crippen LogP contribution in [0.3, 0.4) is 0 Å². The van der Waals surface area contributed by atoms with Gasteiger partial charge in [-0.3, -0.25) is 4.79 Å². The average Bonchev–Trinajstić information content (AvgIpc) is 2.74. The van der Waals surface area contributed by atoms with Gasteiger partial charge in [0.05, 0.1) is 5.02 Å². The van der Waals surface area contributed by atoms with Gasteiger partial charge in [0, 0.05) is 22.3 Å². The molecule has 0 unspecified atom stereocenters. The Kier molecular flexibility index (Phi) is 7.18. The number of halogens is 2. The molecule has 0 saturated heterocycles. The third-order valence-electron chi connectivity index (χ3n) is 4.83. The van der Waals surface area contributed by atoms with Crippen molar-refractivity contribution in [2.75, 3.05) is 5.32 Å². The number of amides is 1. The summed E-state index contributed by atoms with van der Waals surface area (Å²) in [5.74, 6) is 0.851. The SMILES string of the molecule is CC[C@@H](C)c1ccc(NC(=O)c2cccc(COc3cc(Cl)ccc3Cl)c2)cc1. The smallest absolute Gasteiger partial charge is 0.255 e. The lowest BCUT2D eigenvalue weighted by molar-refractivity contribution is 0.102. The molecule has 0 saturated carbocycles. The Balaban J connectivity index is 1.65. The standard InChI is InChI=1S/C24H23Cl2NO2/c1-3-16(2)18-7-10-21(11-8-18)27-24(28)19-6-4-5-17(13-19)15-29-23-14-20(25)9-12-22(23)26/h4-14,16H,3,15H2,1-2H3,(H,27,28)/t16-/m1/s1. The first kappa shape index (κ1) is 21.2. The fraction of sp³-hybridized carbons (Fsp3) is 0.208. The second-order valence-corrected chi connectivity index (χ2v) is 7.79. The van der Waals surface area contributed by atoms with Gasteiger partial charge in [-0.15, -0.1) is 0 Å². The van der Waals surface area contributed by atoms with E-state index >= 15 is 0 Å². The van der Waals surface area contributed by atoms with E-state index in [2.05, 4.69) is 31.3 Å². The Bertz CT molecular complexity index is 986. The van der Waals surface area contributed by atoms with Crippen molar-refractivity contribution >= 4 is 34.8 Å². The highest BCUT2D eigenvalue weighted by atomic mass is 35.5. The lowest BCUT2D eigenvalue weighted by Crippen LogP contribution is -2.12. The molecular formula is C24H23Cl2NO2. The zero-order valence-corrected chi connectivity index (χ0v) is 17.9. The van der Waals surface area contributed by atoms with Crippen LogP contribution in [0.2, 0.25) is 10.0 Å². The Morgan fingerprint density at radius 3 is 2.52 bits per heavy atom. The van der Waals surface area contributed by atoms with Crippen molar-refractivity contribution in [3.8, 4) is 5.75 Å². The van der Waals surface area contributed by atoms with Crippen molar-refractivity contribution < 1.29 is 9.53 Å². The van der Waals surface area contributed by atoms with E-state index in [4.69, 9.17) is 27.9 Å². The Hall–Kier alpha value is -2.49. The summed E-state index contributed by atoms with van der Waals surface area (Å²) in [5.41, 5.74) is 3.47. The topological polar surface area (TPSA) is 38.3 Å². The lowest BCUT2D eigenvalue weighted by Gasteiger charge is -2.11. The van der Waals surface area contributed by atoms with Crippen LogP contribution in [-0.4, -0.2) is 5.91 Å². The number of nitrogens with one attached hydrogen (secondary N) is 1. The Labute approximate surface area is 181 Å². The molecular weight excluding hydrogens is 405 g/mol. The molecule has 0 aromatic heterocycles. The second-order valence-electron chi connectivity index (χ2n) is 6.95. The molecule has 0 radical (unpaired) electrons. The number of carbonyl (C=O) groups is 1. The predicted molar refractivity (Wildman–Crippen MR) is 120 cm³/mol. The van der Waals surface area contributed by atoms with E-state index in [0.29, 0.717) is 27.3 Å². The number of benzene rings is 3. The lowest BCUT2D eigenvalue weighted by atomic mass is 9.98. The van der Waals surface area contributed by atoms with E-state index in [1.54, 1.807) is 30.3 Å². The van der Waals surface area contributed by atoms with Gasteiger partial charge >= 0.3 is 0 Å². The van der Waals surface area contributed by atoms with Crippen LogP contribution in [-0.2, 0) is 6.61 Å². The minimum Gasteiger partial charge on any atom is -0.487 e. The molecule has 0 aliphatic rings. The predicted octanol–water partition coefficient (Wildman–Crippen LogP) is 7.34. The number of rotatable bonds is 7. The monoisotopic (exact) mass is 427 g/mol. The summed E-state index contributed by atoms with van der Waals surface area (Å²) in [6.45, 7) is 4.64. The van der Waals surface area contributed by atoms with E-state index in [1.807, 2.05) is 24.3 Å². The highest BCUT2D eigenvalue weighted by molar-refractivity contribution is 6.34. The Morgan fingerprint density at radius 2 is 1.79 bits per heavy atom. The molecule has 5 heteroatoms. The van der Waals surface area contributed by atoms with Gasteiger partial charge in [0.15, 0.2) is 0 Å². The molecule has 0 bridgehead atoms. The van der Waals surface area contributed by atoms with Crippen LogP contribution in [0.25, 0.3) is 0 Å². The van der Waals surface area contributed by atoms with Crippen LogP contribution in [0.4, 0.5) is 5.69 Å². The van der Waals surface area contributed by atoms with Crippen LogP contribution in [0.5, 0.6) is 5.75 Å². The van der Waals surface area contributed by atoms with Gasteiger partial charge in [-0.05, 0) is 59.9 Å². The molecule has 0 fully saturated rings. The largest absolute Gasteiger partial charge is 0.487 e. The first-order valence-corrected chi connectivity index (χ1v) is 10.3. The zero-order valence-electron chi connectivity index (χ0n) is 16.4. The average molecular weight is 428 g/mol. The molecule has 3 aromatic carbocycles. The molecule has 0 spiro atoms. The summed E-state index contributed by atoms with van der Waals surface area (Å²) in [7, 11) is 0. The maximum Gasteiger partial charge on any atom is 0.255 e. The quantitative estimate of drug-likeness (QED) is 0.428. The normalized spacial score (nSPS) is 11.7. The summed E-state index contributed by atoms with van der Waals surface area (Å²) in [6.07, 6.45) is 1.08. The van der Waals surface area contributed by atoms with Gasteiger partial charge < -0.3 is 10.1 Å². The Morgan fingerprint density at radius 1 is 1.03 bits per heavy atom. The molecule has 3 rings (SSSR count). The van der Waals surface area contributed by atoms with Gasteiger partial charge in [0.1, 0.15) is 12.4 Å². The minimum absolute atomic E-state index is 0.163. The second kappa shape index (κ2) is 9.82. The van der Waals surface area contributed by atoms with E-state index in [0.717, 1.165) is 17.7 Å². The summed E-state index contributed by atoms with van der Waals surface area (Å²) in [6, 6.07) is 20.4. The molecule has 0 aliphatic carbocycles. The molecule has 3 nitrogen and oxygen atoms in total. The minimum atomic E-state index is -0.163. The zero-order chi connectivity index (χ0) is 20.8. The molecule has 0 heterocycles.